The minimum atomic E-state index is -1.01. The largest absolute Gasteiger partial charge is 0.478 e. The van der Waals surface area contributed by atoms with E-state index in [4.69, 9.17) is 0 Å². The van der Waals surface area contributed by atoms with Crippen LogP contribution in [-0.2, 0) is 12.5 Å². The Balaban J connectivity index is 3.08. The highest BCUT2D eigenvalue weighted by Gasteiger charge is 2.22. The van der Waals surface area contributed by atoms with Crippen LogP contribution in [0.5, 0.6) is 0 Å². The number of carbonyl (C=O) groups is 1. The molecule has 100 valence electrons. The standard InChI is InChI=1S/C15H17NO3/c1-15(2,3)11-8-16(4)13(17)9-6-5-7-10(12(9)11)14(18)19/h5-8H,1-4H3,(H,18,19). The summed E-state index contributed by atoms with van der Waals surface area (Å²) in [6.45, 7) is 6.01. The van der Waals surface area contributed by atoms with Crippen molar-refractivity contribution in [3.05, 3.63) is 45.9 Å². The number of hydrogen-bond donors (Lipinski definition) is 1. The van der Waals surface area contributed by atoms with E-state index >= 15 is 0 Å². The van der Waals surface area contributed by atoms with E-state index in [0.29, 0.717) is 10.8 Å². The summed E-state index contributed by atoms with van der Waals surface area (Å²) in [5.41, 5.74) is 0.628. The van der Waals surface area contributed by atoms with E-state index in [1.165, 1.54) is 4.57 Å². The van der Waals surface area contributed by atoms with Gasteiger partial charge in [-0.1, -0.05) is 26.8 Å². The predicted octanol–water partition coefficient (Wildman–Crippen LogP) is 2.53. The van der Waals surface area contributed by atoms with Gasteiger partial charge in [-0.15, -0.1) is 0 Å². The first-order valence-electron chi connectivity index (χ1n) is 6.09. The van der Waals surface area contributed by atoms with E-state index in [2.05, 4.69) is 0 Å². The number of aromatic nitrogens is 1. The number of rotatable bonds is 1. The lowest BCUT2D eigenvalue weighted by molar-refractivity contribution is 0.0699. The number of nitrogens with zero attached hydrogens (tertiary/aromatic N) is 1. The van der Waals surface area contributed by atoms with Crippen molar-refractivity contribution in [2.24, 2.45) is 7.05 Å². The van der Waals surface area contributed by atoms with Crippen LogP contribution in [0.25, 0.3) is 10.8 Å². The van der Waals surface area contributed by atoms with Gasteiger partial charge in [-0.05, 0) is 23.1 Å². The lowest BCUT2D eigenvalue weighted by Crippen LogP contribution is -2.23. The van der Waals surface area contributed by atoms with Gasteiger partial charge in [0.25, 0.3) is 5.56 Å². The van der Waals surface area contributed by atoms with Gasteiger partial charge < -0.3 is 9.67 Å². The van der Waals surface area contributed by atoms with Crippen molar-refractivity contribution in [1.29, 1.82) is 0 Å². The molecule has 0 aliphatic carbocycles. The first-order valence-corrected chi connectivity index (χ1v) is 6.09. The van der Waals surface area contributed by atoms with Crippen molar-refractivity contribution >= 4 is 16.7 Å². The molecule has 0 atom stereocenters. The number of fused-ring (bicyclic) bond motifs is 1. The van der Waals surface area contributed by atoms with Crippen molar-refractivity contribution < 1.29 is 9.90 Å². The van der Waals surface area contributed by atoms with E-state index in [9.17, 15) is 14.7 Å². The van der Waals surface area contributed by atoms with Crippen LogP contribution in [0.2, 0.25) is 0 Å². The van der Waals surface area contributed by atoms with E-state index in [0.717, 1.165) is 5.56 Å². The first-order chi connectivity index (χ1) is 8.73. The third kappa shape index (κ3) is 2.14. The van der Waals surface area contributed by atoms with Crippen molar-refractivity contribution in [1.82, 2.24) is 4.57 Å². The first kappa shape index (κ1) is 13.3. The Morgan fingerprint density at radius 3 is 2.42 bits per heavy atom. The molecule has 1 N–H and O–H groups in total. The summed E-state index contributed by atoms with van der Waals surface area (Å²) < 4.78 is 1.51. The molecule has 2 aromatic rings. The van der Waals surface area contributed by atoms with Crippen molar-refractivity contribution in [2.45, 2.75) is 26.2 Å². The second-order valence-electron chi connectivity index (χ2n) is 5.74. The third-order valence-electron chi connectivity index (χ3n) is 3.25. The molecule has 0 aliphatic heterocycles. The average molecular weight is 259 g/mol. The maximum atomic E-state index is 12.2. The zero-order chi connectivity index (χ0) is 14.4. The zero-order valence-electron chi connectivity index (χ0n) is 11.5. The molecule has 0 saturated heterocycles. The molecule has 4 nitrogen and oxygen atoms in total. The summed E-state index contributed by atoms with van der Waals surface area (Å²) in [5, 5.41) is 10.3. The lowest BCUT2D eigenvalue weighted by atomic mass is 9.83. The smallest absolute Gasteiger partial charge is 0.336 e. The third-order valence-corrected chi connectivity index (χ3v) is 3.25. The quantitative estimate of drug-likeness (QED) is 0.856. The highest BCUT2D eigenvalue weighted by Crippen LogP contribution is 2.30. The summed E-state index contributed by atoms with van der Waals surface area (Å²) in [5.74, 6) is -1.01. The second kappa shape index (κ2) is 4.23. The van der Waals surface area contributed by atoms with E-state index in [-0.39, 0.29) is 16.5 Å². The Hall–Kier alpha value is -2.10. The van der Waals surface area contributed by atoms with Crippen LogP contribution in [0, 0.1) is 0 Å². The Morgan fingerprint density at radius 1 is 1.26 bits per heavy atom. The summed E-state index contributed by atoms with van der Waals surface area (Å²) in [4.78, 5) is 23.5. The SMILES string of the molecule is Cn1cc(C(C)(C)C)c2c(C(=O)O)cccc2c1=O. The summed E-state index contributed by atoms with van der Waals surface area (Å²) in [7, 11) is 1.68. The number of pyridine rings is 1. The minimum Gasteiger partial charge on any atom is -0.478 e. The Morgan fingerprint density at radius 2 is 1.89 bits per heavy atom. The monoisotopic (exact) mass is 259 g/mol. The van der Waals surface area contributed by atoms with Crippen LogP contribution < -0.4 is 5.56 Å². The van der Waals surface area contributed by atoms with Crippen LogP contribution in [0.4, 0.5) is 0 Å². The molecule has 0 aliphatic rings. The normalized spacial score (nSPS) is 11.8. The molecule has 0 amide bonds. The Bertz CT molecular complexity index is 720. The average Bonchev–Trinajstić information content (AvgIpc) is 2.31. The molecule has 0 fully saturated rings. The molecule has 19 heavy (non-hydrogen) atoms. The summed E-state index contributed by atoms with van der Waals surface area (Å²) >= 11 is 0. The molecule has 4 heteroatoms. The van der Waals surface area contributed by atoms with Crippen LogP contribution in [-0.4, -0.2) is 15.6 Å². The van der Waals surface area contributed by atoms with Gasteiger partial charge in [-0.3, -0.25) is 4.79 Å². The fraction of sp³-hybridized carbons (Fsp3) is 0.333. The molecule has 1 aromatic carbocycles. The number of hydrogen-bond acceptors (Lipinski definition) is 2. The van der Waals surface area contributed by atoms with Gasteiger partial charge in [-0.2, -0.15) is 0 Å². The summed E-state index contributed by atoms with van der Waals surface area (Å²) in [6.07, 6.45) is 1.73. The van der Waals surface area contributed by atoms with Crippen LogP contribution in [0.15, 0.2) is 29.2 Å². The van der Waals surface area contributed by atoms with Gasteiger partial charge in [0.1, 0.15) is 0 Å². The zero-order valence-corrected chi connectivity index (χ0v) is 11.5. The number of carboxylic acids is 1. The van der Waals surface area contributed by atoms with E-state index < -0.39 is 5.97 Å². The number of benzene rings is 1. The lowest BCUT2D eigenvalue weighted by Gasteiger charge is -2.23. The molecule has 0 saturated carbocycles. The van der Waals surface area contributed by atoms with Gasteiger partial charge in [0, 0.05) is 24.0 Å². The molecule has 1 heterocycles. The molecular formula is C15H17NO3. The second-order valence-corrected chi connectivity index (χ2v) is 5.74. The van der Waals surface area contributed by atoms with Gasteiger partial charge in [0.2, 0.25) is 0 Å². The predicted molar refractivity (Wildman–Crippen MR) is 74.8 cm³/mol. The maximum Gasteiger partial charge on any atom is 0.336 e. The van der Waals surface area contributed by atoms with Gasteiger partial charge in [-0.25, -0.2) is 4.79 Å². The van der Waals surface area contributed by atoms with Crippen molar-refractivity contribution in [2.75, 3.05) is 0 Å². The van der Waals surface area contributed by atoms with Gasteiger partial charge >= 0.3 is 5.97 Å². The Labute approximate surface area is 111 Å². The van der Waals surface area contributed by atoms with E-state index in [1.807, 2.05) is 20.8 Å². The minimum absolute atomic E-state index is 0.175. The Kier molecular flexibility index (Phi) is 2.97. The highest BCUT2D eigenvalue weighted by atomic mass is 16.4. The number of carboxylic acid groups (broad SMARTS) is 1. The fourth-order valence-electron chi connectivity index (χ4n) is 2.27. The maximum absolute atomic E-state index is 12.2. The van der Waals surface area contributed by atoms with Crippen LogP contribution in [0.3, 0.4) is 0 Å². The van der Waals surface area contributed by atoms with Gasteiger partial charge in [0.05, 0.1) is 5.56 Å². The molecule has 0 spiro atoms. The highest BCUT2D eigenvalue weighted by molar-refractivity contribution is 6.05. The van der Waals surface area contributed by atoms with Crippen LogP contribution in [0.1, 0.15) is 36.7 Å². The molecule has 0 radical (unpaired) electrons. The number of aromatic carboxylic acids is 1. The molecule has 0 bridgehead atoms. The number of aryl methyl sites for hydroxylation is 1. The topological polar surface area (TPSA) is 59.3 Å². The molecule has 1 aromatic heterocycles. The summed E-state index contributed by atoms with van der Waals surface area (Å²) in [6, 6.07) is 4.83. The van der Waals surface area contributed by atoms with Crippen molar-refractivity contribution in [3.8, 4) is 0 Å². The van der Waals surface area contributed by atoms with Crippen LogP contribution >= 0.6 is 0 Å². The fourth-order valence-corrected chi connectivity index (χ4v) is 2.27. The van der Waals surface area contributed by atoms with Gasteiger partial charge in [0.15, 0.2) is 0 Å². The molecule has 2 rings (SSSR count). The molecular weight excluding hydrogens is 242 g/mol. The van der Waals surface area contributed by atoms with E-state index in [1.54, 1.807) is 31.4 Å². The molecule has 0 unspecified atom stereocenters. The van der Waals surface area contributed by atoms with Crippen molar-refractivity contribution in [3.63, 3.8) is 0 Å².